The molecule has 47 heavy (non-hydrogen) atoms. The monoisotopic (exact) mass is 645 g/mol. The molecule has 2 unspecified atom stereocenters. The summed E-state index contributed by atoms with van der Waals surface area (Å²) in [5.74, 6) is 1.12. The van der Waals surface area contributed by atoms with E-state index in [1.807, 2.05) is 50.2 Å². The average molecular weight is 646 g/mol. The van der Waals surface area contributed by atoms with Crippen LogP contribution in [0.2, 0.25) is 0 Å². The topological polar surface area (TPSA) is 109 Å². The Balaban J connectivity index is 1.28. The molecule has 9 nitrogen and oxygen atoms in total. The highest BCUT2D eigenvalue weighted by Gasteiger charge is 2.29. The zero-order valence-electron chi connectivity index (χ0n) is 27.9. The fraction of sp³-hybridized carbons (Fsp3) is 0.447. The van der Waals surface area contributed by atoms with E-state index in [1.54, 1.807) is 25.1 Å². The smallest absolute Gasteiger partial charge is 0.338 e. The normalized spacial score (nSPS) is 15.9. The molecule has 0 aromatic heterocycles. The zero-order chi connectivity index (χ0) is 33.6. The lowest BCUT2D eigenvalue weighted by atomic mass is 9.85. The van der Waals surface area contributed by atoms with Crippen LogP contribution in [0.15, 0.2) is 66.7 Å². The van der Waals surface area contributed by atoms with Crippen LogP contribution < -0.4 is 19.5 Å². The van der Waals surface area contributed by atoms with E-state index < -0.39 is 5.97 Å². The Bertz CT molecular complexity index is 1450. The van der Waals surface area contributed by atoms with Crippen LogP contribution >= 0.6 is 0 Å². The molecule has 1 amide bonds. The Morgan fingerprint density at radius 2 is 1.62 bits per heavy atom. The van der Waals surface area contributed by atoms with Crippen molar-refractivity contribution < 1.29 is 38.1 Å². The fourth-order valence-electron chi connectivity index (χ4n) is 5.67. The van der Waals surface area contributed by atoms with Gasteiger partial charge in [0.15, 0.2) is 0 Å². The maximum Gasteiger partial charge on any atom is 0.338 e. The molecule has 1 saturated carbocycles. The molecule has 1 fully saturated rings. The van der Waals surface area contributed by atoms with E-state index in [2.05, 4.69) is 17.4 Å². The van der Waals surface area contributed by atoms with Gasteiger partial charge in [0.1, 0.15) is 23.9 Å². The SMILES string of the molecule is CCOC(=O)c1ccc(OCCCc2ccc(OCc3ccc(OC(C)C)cc3)cc2)c(CC(=O)NC2CCCC(C(=O)OC)C2)c1. The van der Waals surface area contributed by atoms with Crippen LogP contribution in [-0.2, 0) is 38.5 Å². The molecule has 0 radical (unpaired) electrons. The number of ether oxygens (including phenoxy) is 5. The quantitative estimate of drug-likeness (QED) is 0.137. The summed E-state index contributed by atoms with van der Waals surface area (Å²) in [7, 11) is 1.39. The minimum atomic E-state index is -0.449. The second-order valence-corrected chi connectivity index (χ2v) is 12.1. The summed E-state index contributed by atoms with van der Waals surface area (Å²) in [6.45, 7) is 6.92. The number of benzene rings is 3. The lowest BCUT2D eigenvalue weighted by molar-refractivity contribution is -0.147. The molecule has 0 bridgehead atoms. The first-order chi connectivity index (χ1) is 22.7. The number of hydrogen-bond acceptors (Lipinski definition) is 8. The van der Waals surface area contributed by atoms with E-state index in [0.29, 0.717) is 36.5 Å². The van der Waals surface area contributed by atoms with Crippen LogP contribution in [0.5, 0.6) is 17.2 Å². The summed E-state index contributed by atoms with van der Waals surface area (Å²) >= 11 is 0. The maximum atomic E-state index is 13.1. The Kier molecular flexibility index (Phi) is 13.5. The summed E-state index contributed by atoms with van der Waals surface area (Å²) in [5, 5.41) is 3.06. The largest absolute Gasteiger partial charge is 0.493 e. The standard InChI is InChI=1S/C38H47NO8/c1-5-44-38(42)30-15-20-35(31(22-30)24-36(40)39-32-10-6-9-29(23-32)37(41)43-4)45-21-7-8-27-11-16-33(17-12-27)46-25-28-13-18-34(19-14-28)47-26(2)3/h11-20,22,26,29,32H,5-10,21,23-25H2,1-4H3,(H,39,40). The van der Waals surface area contributed by atoms with Crippen LogP contribution in [0.1, 0.15) is 79.9 Å². The lowest BCUT2D eigenvalue weighted by Gasteiger charge is -2.28. The number of carbonyl (C=O) groups excluding carboxylic acids is 3. The van der Waals surface area contributed by atoms with Gasteiger partial charge in [-0.05, 0) is 106 Å². The Morgan fingerprint density at radius 1 is 0.894 bits per heavy atom. The van der Waals surface area contributed by atoms with E-state index in [4.69, 9.17) is 23.7 Å². The van der Waals surface area contributed by atoms with E-state index in [9.17, 15) is 14.4 Å². The Labute approximate surface area is 277 Å². The average Bonchev–Trinajstić information content (AvgIpc) is 3.07. The van der Waals surface area contributed by atoms with Gasteiger partial charge in [-0.1, -0.05) is 30.7 Å². The number of esters is 2. The van der Waals surface area contributed by atoms with Gasteiger partial charge in [0.2, 0.25) is 5.91 Å². The highest BCUT2D eigenvalue weighted by molar-refractivity contribution is 5.90. The van der Waals surface area contributed by atoms with Crippen molar-refractivity contribution >= 4 is 17.8 Å². The minimum absolute atomic E-state index is 0.0410. The fourth-order valence-corrected chi connectivity index (χ4v) is 5.67. The van der Waals surface area contributed by atoms with Gasteiger partial charge in [-0.25, -0.2) is 4.79 Å². The van der Waals surface area contributed by atoms with Gasteiger partial charge in [-0.3, -0.25) is 9.59 Å². The number of methoxy groups -OCH3 is 1. The second-order valence-electron chi connectivity index (χ2n) is 12.1. The van der Waals surface area contributed by atoms with Crippen molar-refractivity contribution in [3.8, 4) is 17.2 Å². The molecule has 1 N–H and O–H groups in total. The molecule has 3 aromatic rings. The molecule has 4 rings (SSSR count). The highest BCUT2D eigenvalue weighted by Crippen LogP contribution is 2.27. The third-order valence-corrected chi connectivity index (χ3v) is 7.99. The summed E-state index contributed by atoms with van der Waals surface area (Å²) in [4.78, 5) is 37.5. The van der Waals surface area contributed by atoms with Gasteiger partial charge in [0.25, 0.3) is 0 Å². The van der Waals surface area contributed by atoms with Gasteiger partial charge in [0.05, 0.1) is 44.3 Å². The van der Waals surface area contributed by atoms with E-state index in [1.165, 1.54) is 7.11 Å². The molecular formula is C38H47NO8. The predicted octanol–water partition coefficient (Wildman–Crippen LogP) is 6.63. The summed E-state index contributed by atoms with van der Waals surface area (Å²) in [5.41, 5.74) is 3.20. The van der Waals surface area contributed by atoms with Crippen molar-refractivity contribution in [2.75, 3.05) is 20.3 Å². The first-order valence-corrected chi connectivity index (χ1v) is 16.5. The van der Waals surface area contributed by atoms with Crippen molar-refractivity contribution in [1.29, 1.82) is 0 Å². The van der Waals surface area contributed by atoms with Gasteiger partial charge in [-0.15, -0.1) is 0 Å². The molecule has 3 aromatic carbocycles. The van der Waals surface area contributed by atoms with Crippen LogP contribution in [-0.4, -0.2) is 50.3 Å². The summed E-state index contributed by atoms with van der Waals surface area (Å²) < 4.78 is 27.8. The van der Waals surface area contributed by atoms with E-state index in [-0.39, 0.29) is 43.0 Å². The van der Waals surface area contributed by atoms with Crippen molar-refractivity contribution in [2.45, 2.75) is 84.5 Å². The molecular weight excluding hydrogens is 598 g/mol. The van der Waals surface area contributed by atoms with Crippen molar-refractivity contribution in [3.63, 3.8) is 0 Å². The molecule has 2 atom stereocenters. The minimum Gasteiger partial charge on any atom is -0.493 e. The maximum absolute atomic E-state index is 13.1. The van der Waals surface area contributed by atoms with E-state index >= 15 is 0 Å². The summed E-state index contributed by atoms with van der Waals surface area (Å²) in [6, 6.07) is 20.9. The number of carbonyl (C=O) groups is 3. The predicted molar refractivity (Wildman–Crippen MR) is 179 cm³/mol. The second kappa shape index (κ2) is 18.0. The highest BCUT2D eigenvalue weighted by atomic mass is 16.5. The number of amides is 1. The first-order valence-electron chi connectivity index (χ1n) is 16.5. The van der Waals surface area contributed by atoms with Crippen LogP contribution in [0.4, 0.5) is 0 Å². The van der Waals surface area contributed by atoms with Crippen molar-refractivity contribution in [3.05, 3.63) is 89.0 Å². The van der Waals surface area contributed by atoms with Gasteiger partial charge in [-0.2, -0.15) is 0 Å². The molecule has 252 valence electrons. The lowest BCUT2D eigenvalue weighted by Crippen LogP contribution is -2.40. The zero-order valence-corrected chi connectivity index (χ0v) is 27.9. The number of nitrogens with one attached hydrogen (secondary N) is 1. The van der Waals surface area contributed by atoms with Gasteiger partial charge >= 0.3 is 11.9 Å². The van der Waals surface area contributed by atoms with Crippen molar-refractivity contribution in [2.24, 2.45) is 5.92 Å². The Morgan fingerprint density at radius 3 is 2.32 bits per heavy atom. The van der Waals surface area contributed by atoms with Crippen LogP contribution in [0.3, 0.4) is 0 Å². The molecule has 0 saturated heterocycles. The van der Waals surface area contributed by atoms with Crippen molar-refractivity contribution in [1.82, 2.24) is 5.32 Å². The molecule has 0 aliphatic heterocycles. The third kappa shape index (κ3) is 11.3. The van der Waals surface area contributed by atoms with Crippen LogP contribution in [0, 0.1) is 5.92 Å². The first kappa shape index (κ1) is 35.3. The molecule has 0 spiro atoms. The molecule has 1 aliphatic carbocycles. The van der Waals surface area contributed by atoms with E-state index in [0.717, 1.165) is 54.7 Å². The number of hydrogen-bond donors (Lipinski definition) is 1. The molecule has 1 aliphatic rings. The van der Waals surface area contributed by atoms with Gasteiger partial charge in [0, 0.05) is 11.6 Å². The Hall–Kier alpha value is -4.53. The molecule has 9 heteroatoms. The van der Waals surface area contributed by atoms with Crippen LogP contribution in [0.25, 0.3) is 0 Å². The third-order valence-electron chi connectivity index (χ3n) is 7.99. The summed E-state index contributed by atoms with van der Waals surface area (Å²) in [6.07, 6.45) is 4.71. The molecule has 0 heterocycles. The number of aryl methyl sites for hydroxylation is 1. The van der Waals surface area contributed by atoms with Gasteiger partial charge < -0.3 is 29.0 Å². The number of rotatable bonds is 16.